The van der Waals surface area contributed by atoms with Crippen LogP contribution < -0.4 is 11.2 Å². The Kier molecular flexibility index (Phi) is 7.11. The van der Waals surface area contributed by atoms with Gasteiger partial charge in [-0.15, -0.1) is 0 Å². The van der Waals surface area contributed by atoms with E-state index in [1.165, 1.54) is 13.1 Å². The van der Waals surface area contributed by atoms with Crippen LogP contribution in [0.25, 0.3) is 0 Å². The fourth-order valence-corrected chi connectivity index (χ4v) is 4.10. The second-order valence-corrected chi connectivity index (χ2v) is 8.80. The predicted octanol–water partition coefficient (Wildman–Crippen LogP) is 0.639. The van der Waals surface area contributed by atoms with E-state index in [-0.39, 0.29) is 12.2 Å². The van der Waals surface area contributed by atoms with Crippen LogP contribution in [0.1, 0.15) is 22.1 Å². The first-order valence-electron chi connectivity index (χ1n) is 8.96. The fraction of sp³-hybridized carbons (Fsp3) is 0.389. The monoisotopic (exact) mass is 518 g/mol. The largest absolute Gasteiger partial charge is 0.459 e. The molecular weight excluding hydrogens is 500 g/mol. The molecule has 31 heavy (non-hydrogen) atoms. The van der Waals surface area contributed by atoms with Crippen molar-refractivity contribution in [3.8, 4) is 0 Å². The van der Waals surface area contributed by atoms with Crippen molar-refractivity contribution in [1.29, 1.82) is 0 Å². The molecule has 1 saturated heterocycles. The van der Waals surface area contributed by atoms with Crippen molar-refractivity contribution in [3.05, 3.63) is 68.5 Å². The third-order valence-electron chi connectivity index (χ3n) is 4.48. The van der Waals surface area contributed by atoms with Gasteiger partial charge in [0.05, 0.1) is 28.1 Å². The van der Waals surface area contributed by atoms with Gasteiger partial charge in [0.2, 0.25) is 0 Å². The highest BCUT2D eigenvalue weighted by Gasteiger charge is 2.50. The van der Waals surface area contributed by atoms with Crippen LogP contribution in [-0.4, -0.2) is 55.1 Å². The molecule has 0 radical (unpaired) electrons. The van der Waals surface area contributed by atoms with Gasteiger partial charge < -0.3 is 9.47 Å². The molecule has 2 heterocycles. The van der Waals surface area contributed by atoms with E-state index >= 15 is 0 Å². The van der Waals surface area contributed by atoms with Crippen LogP contribution in [0.4, 0.5) is 0 Å². The van der Waals surface area contributed by atoms with Gasteiger partial charge in [0.1, 0.15) is 24.9 Å². The molecule has 0 aliphatic carbocycles. The van der Waals surface area contributed by atoms with E-state index in [1.807, 2.05) is 0 Å². The van der Waals surface area contributed by atoms with Gasteiger partial charge in [0, 0.05) is 11.8 Å². The number of rotatable bonds is 7. The maximum Gasteiger partial charge on any atom is 0.338 e. The maximum absolute atomic E-state index is 12.3. The number of aromatic amines is 1. The number of carbonyl (C=O) groups is 1. The molecule has 0 amide bonds. The van der Waals surface area contributed by atoms with Crippen LogP contribution in [0.2, 0.25) is 0 Å². The normalized spacial score (nSPS) is 23.6. The van der Waals surface area contributed by atoms with E-state index in [9.17, 15) is 22.8 Å². The molecule has 2 unspecified atom stereocenters. The van der Waals surface area contributed by atoms with Crippen molar-refractivity contribution in [2.24, 2.45) is 0 Å². The van der Waals surface area contributed by atoms with Crippen LogP contribution >= 0.6 is 16.3 Å². The van der Waals surface area contributed by atoms with Crippen molar-refractivity contribution in [3.63, 3.8) is 0 Å². The van der Waals surface area contributed by atoms with Gasteiger partial charge in [-0.05, 0) is 19.1 Å². The highest BCUT2D eigenvalue weighted by Crippen LogP contribution is 2.35. The average molecular weight is 519 g/mol. The van der Waals surface area contributed by atoms with Gasteiger partial charge in [-0.2, -0.15) is 8.42 Å². The number of hydrogen-bond acceptors (Lipinski definition) is 9. The smallest absolute Gasteiger partial charge is 0.338 e. The number of aryl methyl sites for hydroxylation is 1. The van der Waals surface area contributed by atoms with Crippen LogP contribution in [0.5, 0.6) is 0 Å². The zero-order valence-corrected chi connectivity index (χ0v) is 18.8. The minimum atomic E-state index is -3.97. The van der Waals surface area contributed by atoms with Crippen molar-refractivity contribution < 1.29 is 30.7 Å². The van der Waals surface area contributed by atoms with Crippen molar-refractivity contribution >= 4 is 32.3 Å². The summed E-state index contributed by atoms with van der Waals surface area (Å²) in [6, 6.07) is 8.16. The Labute approximate surface area is 185 Å². The van der Waals surface area contributed by atoms with E-state index < -0.39 is 51.9 Å². The molecule has 1 aromatic heterocycles. The quantitative estimate of drug-likeness (QED) is 0.412. The summed E-state index contributed by atoms with van der Waals surface area (Å²) >= 11 is 2.81. The van der Waals surface area contributed by atoms with Gasteiger partial charge in [-0.3, -0.25) is 22.4 Å². The summed E-state index contributed by atoms with van der Waals surface area (Å²) in [5, 5.41) is 0. The molecular formula is C18H19BrN2O9S. The van der Waals surface area contributed by atoms with Gasteiger partial charge in [-0.1, -0.05) is 18.2 Å². The molecule has 11 nitrogen and oxygen atoms in total. The SMILES string of the molecule is Cc1cn([C@H]2O[C@@H](COC(=O)c3ccccc3)C(OS(C)(=O)=O)C2OBr)c(=O)[nH]c1=O. The van der Waals surface area contributed by atoms with E-state index in [4.69, 9.17) is 17.5 Å². The number of nitrogens with one attached hydrogen (secondary N) is 1. The first-order chi connectivity index (χ1) is 14.6. The summed E-state index contributed by atoms with van der Waals surface area (Å²) in [5.41, 5.74) is -0.863. The maximum atomic E-state index is 12.3. The highest BCUT2D eigenvalue weighted by molar-refractivity contribution is 9.06. The predicted molar refractivity (Wildman–Crippen MR) is 110 cm³/mol. The minimum Gasteiger partial charge on any atom is -0.459 e. The second-order valence-electron chi connectivity index (χ2n) is 6.83. The van der Waals surface area contributed by atoms with Gasteiger partial charge >= 0.3 is 11.7 Å². The van der Waals surface area contributed by atoms with Crippen molar-refractivity contribution in [1.82, 2.24) is 9.55 Å². The third-order valence-corrected chi connectivity index (χ3v) is 5.49. The van der Waals surface area contributed by atoms with Crippen LogP contribution in [0, 0.1) is 6.92 Å². The third kappa shape index (κ3) is 5.49. The highest BCUT2D eigenvalue weighted by atomic mass is 79.9. The lowest BCUT2D eigenvalue weighted by molar-refractivity contribution is -0.0547. The summed E-state index contributed by atoms with van der Waals surface area (Å²) in [6.45, 7) is 1.10. The number of carbonyl (C=O) groups excluding carboxylic acids is 1. The summed E-state index contributed by atoms with van der Waals surface area (Å²) in [5.74, 6) is -0.654. The summed E-state index contributed by atoms with van der Waals surface area (Å²) in [4.78, 5) is 38.4. The fourth-order valence-electron chi connectivity index (χ4n) is 3.07. The second kappa shape index (κ2) is 9.44. The molecule has 1 aromatic carbocycles. The van der Waals surface area contributed by atoms with E-state index in [0.29, 0.717) is 5.56 Å². The molecule has 0 spiro atoms. The summed E-state index contributed by atoms with van der Waals surface area (Å²) < 4.78 is 46.0. The van der Waals surface area contributed by atoms with Crippen molar-refractivity contribution in [2.45, 2.75) is 31.5 Å². The Morgan fingerprint density at radius 2 is 1.90 bits per heavy atom. The number of ether oxygens (including phenoxy) is 2. The van der Waals surface area contributed by atoms with Crippen molar-refractivity contribution in [2.75, 3.05) is 12.9 Å². The zero-order chi connectivity index (χ0) is 22.8. The van der Waals surface area contributed by atoms with Gasteiger partial charge in [0.15, 0.2) is 6.23 Å². The van der Waals surface area contributed by atoms with Crippen LogP contribution in [0.15, 0.2) is 46.1 Å². The number of halogens is 1. The Bertz CT molecular complexity index is 1160. The molecule has 1 aliphatic heterocycles. The lowest BCUT2D eigenvalue weighted by Crippen LogP contribution is -2.41. The van der Waals surface area contributed by atoms with Crippen LogP contribution in [0.3, 0.4) is 0 Å². The topological polar surface area (TPSA) is 143 Å². The molecule has 4 atom stereocenters. The lowest BCUT2D eigenvalue weighted by atomic mass is 10.1. The molecule has 1 aliphatic rings. The molecule has 168 valence electrons. The molecule has 3 rings (SSSR count). The zero-order valence-electron chi connectivity index (χ0n) is 16.4. The molecule has 0 saturated carbocycles. The number of esters is 1. The molecule has 1 N–H and O–H groups in total. The summed E-state index contributed by atoms with van der Waals surface area (Å²) in [6.07, 6.45) is -2.60. The van der Waals surface area contributed by atoms with E-state index in [0.717, 1.165) is 10.8 Å². The van der Waals surface area contributed by atoms with E-state index in [1.54, 1.807) is 30.3 Å². The number of hydrogen-bond donors (Lipinski definition) is 1. The first kappa shape index (κ1) is 23.3. The number of H-pyrrole nitrogens is 1. The molecule has 1 fully saturated rings. The first-order valence-corrected chi connectivity index (χ1v) is 11.4. The Morgan fingerprint density at radius 1 is 1.23 bits per heavy atom. The minimum absolute atomic E-state index is 0.219. The summed E-state index contributed by atoms with van der Waals surface area (Å²) in [7, 11) is -3.97. The molecule has 13 heteroatoms. The van der Waals surface area contributed by atoms with Crippen LogP contribution in [-0.2, 0) is 27.6 Å². The number of nitrogens with zero attached hydrogens (tertiary/aromatic N) is 1. The number of aromatic nitrogens is 2. The number of benzene rings is 1. The Morgan fingerprint density at radius 3 is 2.52 bits per heavy atom. The van der Waals surface area contributed by atoms with Gasteiger partial charge in [-0.25, -0.2) is 9.59 Å². The Hall–Kier alpha value is -2.32. The molecule has 2 aromatic rings. The Balaban J connectivity index is 1.89. The van der Waals surface area contributed by atoms with E-state index in [2.05, 4.69) is 21.2 Å². The average Bonchev–Trinajstić information content (AvgIpc) is 3.04. The molecule has 0 bridgehead atoms. The lowest BCUT2D eigenvalue weighted by Gasteiger charge is -2.21. The van der Waals surface area contributed by atoms with Gasteiger partial charge in [0.25, 0.3) is 15.7 Å². The standard InChI is InChI=1S/C18H19BrN2O9S/c1-10-8-21(18(24)20-15(10)22)16-14(29-19)13(30-31(2,25)26)12(28-16)9-27-17(23)11-6-4-3-5-7-11/h3-8,12-14,16H,9H2,1-2H3,(H,20,22,24)/t12-,13?,14?,16-/m0/s1.